The molecule has 0 radical (unpaired) electrons. The number of aromatic nitrogens is 3. The van der Waals surface area contributed by atoms with Gasteiger partial charge in [0.15, 0.2) is 0 Å². The summed E-state index contributed by atoms with van der Waals surface area (Å²) in [7, 11) is 0. The number of amides is 1. The van der Waals surface area contributed by atoms with Gasteiger partial charge in [-0.15, -0.1) is 0 Å². The van der Waals surface area contributed by atoms with E-state index in [0.29, 0.717) is 5.56 Å². The van der Waals surface area contributed by atoms with Gasteiger partial charge in [0.1, 0.15) is 12.7 Å². The Balaban J connectivity index is 2.17. The molecule has 6 nitrogen and oxygen atoms in total. The summed E-state index contributed by atoms with van der Waals surface area (Å²) in [6.07, 6.45) is 2.51. The third-order valence-electron chi connectivity index (χ3n) is 2.68. The van der Waals surface area contributed by atoms with Crippen LogP contribution in [0.1, 0.15) is 22.8 Å². The van der Waals surface area contributed by atoms with Gasteiger partial charge < -0.3 is 10.4 Å². The first-order chi connectivity index (χ1) is 9.08. The van der Waals surface area contributed by atoms with Gasteiger partial charge in [0.25, 0.3) is 5.91 Å². The second-order valence-corrected chi connectivity index (χ2v) is 4.40. The van der Waals surface area contributed by atoms with E-state index in [2.05, 4.69) is 15.4 Å². The van der Waals surface area contributed by atoms with Gasteiger partial charge in [-0.05, 0) is 37.6 Å². The molecule has 0 aliphatic carbocycles. The van der Waals surface area contributed by atoms with Crippen molar-refractivity contribution in [3.63, 3.8) is 0 Å². The molecule has 1 heterocycles. The topological polar surface area (TPSA) is 80.0 Å². The van der Waals surface area contributed by atoms with Crippen LogP contribution in [0.3, 0.4) is 0 Å². The highest BCUT2D eigenvalue weighted by atomic mass is 16.3. The van der Waals surface area contributed by atoms with E-state index in [9.17, 15) is 4.79 Å². The Kier molecular flexibility index (Phi) is 3.91. The molecule has 1 unspecified atom stereocenters. The second kappa shape index (κ2) is 5.62. The van der Waals surface area contributed by atoms with Crippen molar-refractivity contribution in [2.45, 2.75) is 20.0 Å². The van der Waals surface area contributed by atoms with Crippen LogP contribution in [0.25, 0.3) is 5.69 Å². The standard InChI is InChI=1S/C13H16N4O2/c1-9-5-11(13(19)15-6-10(2)18)3-4-12(9)17-8-14-7-16-17/h3-5,7-8,10,18H,6H2,1-2H3,(H,15,19). The molecule has 2 N–H and O–H groups in total. The zero-order valence-corrected chi connectivity index (χ0v) is 10.9. The summed E-state index contributed by atoms with van der Waals surface area (Å²) < 4.78 is 1.65. The molecule has 0 aliphatic heterocycles. The van der Waals surface area contributed by atoms with Gasteiger partial charge in [0.2, 0.25) is 0 Å². The van der Waals surface area contributed by atoms with E-state index in [1.807, 2.05) is 13.0 Å². The van der Waals surface area contributed by atoms with Crippen LogP contribution < -0.4 is 5.32 Å². The molecule has 0 fully saturated rings. The summed E-state index contributed by atoms with van der Waals surface area (Å²) in [5.41, 5.74) is 2.36. The Labute approximate surface area is 111 Å². The maximum Gasteiger partial charge on any atom is 0.251 e. The van der Waals surface area contributed by atoms with Crippen LogP contribution in [-0.2, 0) is 0 Å². The summed E-state index contributed by atoms with van der Waals surface area (Å²) in [4.78, 5) is 15.7. The predicted octanol–water partition coefficient (Wildman–Crippen LogP) is 0.686. The first-order valence-electron chi connectivity index (χ1n) is 6.00. The van der Waals surface area contributed by atoms with E-state index in [1.54, 1.807) is 30.1 Å². The average molecular weight is 260 g/mol. The normalized spacial score (nSPS) is 12.2. The fourth-order valence-electron chi connectivity index (χ4n) is 1.73. The van der Waals surface area contributed by atoms with Crippen molar-refractivity contribution < 1.29 is 9.90 Å². The lowest BCUT2D eigenvalue weighted by atomic mass is 10.1. The molecule has 1 aromatic heterocycles. The number of nitrogens with one attached hydrogen (secondary N) is 1. The molecule has 19 heavy (non-hydrogen) atoms. The third kappa shape index (κ3) is 3.17. The van der Waals surface area contributed by atoms with Crippen molar-refractivity contribution in [2.24, 2.45) is 0 Å². The number of hydrogen-bond donors (Lipinski definition) is 2. The van der Waals surface area contributed by atoms with Crippen LogP contribution >= 0.6 is 0 Å². The van der Waals surface area contributed by atoms with Gasteiger partial charge in [-0.2, -0.15) is 5.10 Å². The molecule has 1 aromatic carbocycles. The predicted molar refractivity (Wildman–Crippen MR) is 70.1 cm³/mol. The first kappa shape index (κ1) is 13.2. The molecule has 6 heteroatoms. The number of aliphatic hydroxyl groups is 1. The van der Waals surface area contributed by atoms with Crippen LogP contribution in [0.5, 0.6) is 0 Å². The molecule has 1 amide bonds. The van der Waals surface area contributed by atoms with Crippen molar-refractivity contribution in [3.8, 4) is 5.69 Å². The fourth-order valence-corrected chi connectivity index (χ4v) is 1.73. The fraction of sp³-hybridized carbons (Fsp3) is 0.308. The lowest BCUT2D eigenvalue weighted by Crippen LogP contribution is -2.30. The van der Waals surface area contributed by atoms with Crippen LogP contribution in [0.4, 0.5) is 0 Å². The Morgan fingerprint density at radius 2 is 2.32 bits per heavy atom. The SMILES string of the molecule is Cc1cc(C(=O)NCC(C)O)ccc1-n1cncn1. The van der Waals surface area contributed by atoms with E-state index in [-0.39, 0.29) is 12.5 Å². The van der Waals surface area contributed by atoms with E-state index in [4.69, 9.17) is 5.11 Å². The monoisotopic (exact) mass is 260 g/mol. The Hall–Kier alpha value is -2.21. The number of aryl methyl sites for hydroxylation is 1. The van der Waals surface area contributed by atoms with E-state index >= 15 is 0 Å². The zero-order valence-electron chi connectivity index (χ0n) is 10.9. The van der Waals surface area contributed by atoms with Crippen LogP contribution in [0.2, 0.25) is 0 Å². The number of hydrogen-bond acceptors (Lipinski definition) is 4. The Morgan fingerprint density at radius 1 is 1.53 bits per heavy atom. The van der Waals surface area contributed by atoms with E-state index in [0.717, 1.165) is 11.3 Å². The molecule has 2 aromatic rings. The van der Waals surface area contributed by atoms with Gasteiger partial charge >= 0.3 is 0 Å². The number of benzene rings is 1. The van der Waals surface area contributed by atoms with Crippen LogP contribution in [0.15, 0.2) is 30.9 Å². The van der Waals surface area contributed by atoms with Crippen LogP contribution in [0, 0.1) is 6.92 Å². The minimum Gasteiger partial charge on any atom is -0.392 e. The molecule has 0 bridgehead atoms. The number of carbonyl (C=O) groups is 1. The van der Waals surface area contributed by atoms with Crippen molar-refractivity contribution in [1.29, 1.82) is 0 Å². The molecule has 100 valence electrons. The first-order valence-corrected chi connectivity index (χ1v) is 6.00. The zero-order chi connectivity index (χ0) is 13.8. The van der Waals surface area contributed by atoms with E-state index in [1.165, 1.54) is 6.33 Å². The summed E-state index contributed by atoms with van der Waals surface area (Å²) >= 11 is 0. The van der Waals surface area contributed by atoms with Crippen molar-refractivity contribution in [3.05, 3.63) is 42.0 Å². The minimum atomic E-state index is -0.556. The highest BCUT2D eigenvalue weighted by Crippen LogP contribution is 2.14. The van der Waals surface area contributed by atoms with Crippen molar-refractivity contribution in [1.82, 2.24) is 20.1 Å². The molecular weight excluding hydrogens is 244 g/mol. The van der Waals surface area contributed by atoms with Gasteiger partial charge in [-0.25, -0.2) is 9.67 Å². The van der Waals surface area contributed by atoms with E-state index < -0.39 is 6.10 Å². The molecule has 1 atom stereocenters. The van der Waals surface area contributed by atoms with Gasteiger partial charge in [0.05, 0.1) is 11.8 Å². The Bertz CT molecular complexity index is 564. The van der Waals surface area contributed by atoms with Gasteiger partial charge in [-0.1, -0.05) is 0 Å². The van der Waals surface area contributed by atoms with Crippen LogP contribution in [-0.4, -0.2) is 38.4 Å². The van der Waals surface area contributed by atoms with Gasteiger partial charge in [0, 0.05) is 12.1 Å². The number of carbonyl (C=O) groups excluding carboxylic acids is 1. The van der Waals surface area contributed by atoms with Crippen molar-refractivity contribution in [2.75, 3.05) is 6.54 Å². The molecule has 0 aliphatic rings. The summed E-state index contributed by atoms with van der Waals surface area (Å²) in [6.45, 7) is 3.77. The number of nitrogens with zero attached hydrogens (tertiary/aromatic N) is 3. The summed E-state index contributed by atoms with van der Waals surface area (Å²) in [5.74, 6) is -0.200. The third-order valence-corrected chi connectivity index (χ3v) is 2.68. The lowest BCUT2D eigenvalue weighted by molar-refractivity contribution is 0.0924. The second-order valence-electron chi connectivity index (χ2n) is 4.40. The highest BCUT2D eigenvalue weighted by Gasteiger charge is 2.09. The summed E-state index contributed by atoms with van der Waals surface area (Å²) in [6, 6.07) is 5.33. The molecular formula is C13H16N4O2. The molecule has 0 saturated heterocycles. The highest BCUT2D eigenvalue weighted by molar-refractivity contribution is 5.94. The molecule has 2 rings (SSSR count). The maximum atomic E-state index is 11.8. The molecule has 0 spiro atoms. The molecule has 0 saturated carbocycles. The number of aliphatic hydroxyl groups excluding tert-OH is 1. The minimum absolute atomic E-state index is 0.200. The average Bonchev–Trinajstić information content (AvgIpc) is 2.89. The smallest absolute Gasteiger partial charge is 0.251 e. The summed E-state index contributed by atoms with van der Waals surface area (Å²) in [5, 5.41) is 15.8. The van der Waals surface area contributed by atoms with Gasteiger partial charge in [-0.3, -0.25) is 4.79 Å². The maximum absolute atomic E-state index is 11.8. The number of rotatable bonds is 4. The lowest BCUT2D eigenvalue weighted by Gasteiger charge is -2.10. The van der Waals surface area contributed by atoms with Crippen molar-refractivity contribution >= 4 is 5.91 Å². The quantitative estimate of drug-likeness (QED) is 0.847. The Morgan fingerprint density at radius 3 is 2.89 bits per heavy atom. The largest absolute Gasteiger partial charge is 0.392 e.